The van der Waals surface area contributed by atoms with E-state index in [9.17, 15) is 0 Å². The third kappa shape index (κ3) is 11.3. The number of hydrogen-bond acceptors (Lipinski definition) is 0. The smallest absolute Gasteiger partial charge is 0.0429 e. The van der Waals surface area contributed by atoms with Crippen LogP contribution in [0.2, 0.25) is 0 Å². The van der Waals surface area contributed by atoms with Crippen molar-refractivity contribution in [3.8, 4) is 23.7 Å². The Bertz CT molecular complexity index is 2370. The van der Waals surface area contributed by atoms with Gasteiger partial charge in [-0.3, -0.25) is 0 Å². The van der Waals surface area contributed by atoms with E-state index >= 15 is 0 Å². The van der Waals surface area contributed by atoms with Crippen LogP contribution in [-0.4, -0.2) is 0 Å². The molecular formula is C68H94. The molecule has 0 saturated heterocycles. The van der Waals surface area contributed by atoms with E-state index < -0.39 is 0 Å². The highest BCUT2D eigenvalue weighted by molar-refractivity contribution is 6.17. The first-order valence-corrected chi connectivity index (χ1v) is 27.5. The molecule has 0 heteroatoms. The number of hydrogen-bond donors (Lipinski definition) is 0. The highest BCUT2D eigenvalue weighted by Gasteiger charge is 2.44. The molecule has 0 aliphatic heterocycles. The van der Waals surface area contributed by atoms with E-state index in [-0.39, 0.29) is 10.8 Å². The fraction of sp³-hybridized carbons (Fsp3) is 0.559. The summed E-state index contributed by atoms with van der Waals surface area (Å²) in [5, 5.41) is 10.1. The van der Waals surface area contributed by atoms with Gasteiger partial charge in [0, 0.05) is 22.0 Å². The molecule has 0 amide bonds. The molecule has 0 aromatic heterocycles. The molecule has 0 aliphatic rings. The van der Waals surface area contributed by atoms with Gasteiger partial charge in [-0.05, 0) is 180 Å². The second-order valence-electron chi connectivity index (χ2n) is 22.9. The lowest BCUT2D eigenvalue weighted by molar-refractivity contribution is 0.114. The number of aryl methyl sites for hydroxylation is 4. The van der Waals surface area contributed by atoms with Crippen LogP contribution in [0.3, 0.4) is 0 Å². The van der Waals surface area contributed by atoms with Crippen molar-refractivity contribution in [2.45, 2.75) is 201 Å². The molecule has 2 atom stereocenters. The van der Waals surface area contributed by atoms with Gasteiger partial charge in [-0.25, -0.2) is 0 Å². The molecule has 0 spiro atoms. The highest BCUT2D eigenvalue weighted by atomic mass is 14.5. The summed E-state index contributed by atoms with van der Waals surface area (Å²) in [5.74, 6) is 18.7. The molecule has 2 unspecified atom stereocenters. The molecule has 0 aliphatic carbocycles. The molecule has 5 rings (SSSR count). The topological polar surface area (TPSA) is 0 Å². The van der Waals surface area contributed by atoms with Crippen LogP contribution in [0.25, 0.3) is 43.1 Å². The summed E-state index contributed by atoms with van der Waals surface area (Å²) in [4.78, 5) is 0. The molecule has 0 radical (unpaired) electrons. The van der Waals surface area contributed by atoms with Crippen LogP contribution in [0.15, 0.2) is 72.8 Å². The van der Waals surface area contributed by atoms with Gasteiger partial charge in [-0.15, -0.1) is 0 Å². The van der Waals surface area contributed by atoms with Gasteiger partial charge in [0.05, 0.1) is 0 Å². The van der Waals surface area contributed by atoms with Gasteiger partial charge in [0.25, 0.3) is 0 Å². The Hall–Kier alpha value is -4.26. The number of fused-ring (bicyclic) bond motifs is 4. The van der Waals surface area contributed by atoms with E-state index in [0.717, 1.165) is 24.0 Å². The maximum Gasteiger partial charge on any atom is 0.0429 e. The van der Waals surface area contributed by atoms with Gasteiger partial charge in [0.15, 0.2) is 0 Å². The fourth-order valence-corrected chi connectivity index (χ4v) is 12.8. The summed E-state index contributed by atoms with van der Waals surface area (Å²) in [6, 6.07) is 19.1. The van der Waals surface area contributed by atoms with Gasteiger partial charge in [0.1, 0.15) is 0 Å². The minimum absolute atomic E-state index is 0.249. The predicted molar refractivity (Wildman–Crippen MR) is 306 cm³/mol. The Labute approximate surface area is 418 Å². The van der Waals surface area contributed by atoms with Crippen LogP contribution in [0, 0.1) is 97.7 Å². The van der Waals surface area contributed by atoms with Crippen LogP contribution < -0.4 is 0 Å². The monoisotopic (exact) mass is 911 g/mol. The minimum Gasteiger partial charge on any atom is -0.0998 e. The van der Waals surface area contributed by atoms with E-state index in [1.165, 1.54) is 154 Å². The van der Waals surface area contributed by atoms with E-state index in [2.05, 4.69) is 183 Å². The van der Waals surface area contributed by atoms with Gasteiger partial charge in [-0.1, -0.05) is 219 Å². The largest absolute Gasteiger partial charge is 0.0998 e. The average Bonchev–Trinajstić information content (AvgIpc) is 3.28. The van der Waals surface area contributed by atoms with Gasteiger partial charge < -0.3 is 0 Å². The van der Waals surface area contributed by atoms with Crippen molar-refractivity contribution in [2.75, 3.05) is 0 Å². The van der Waals surface area contributed by atoms with Gasteiger partial charge >= 0.3 is 0 Å². The Morgan fingerprint density at radius 3 is 0.897 bits per heavy atom. The number of rotatable bonds is 22. The predicted octanol–water partition coefficient (Wildman–Crippen LogP) is 20.7. The first kappa shape index (κ1) is 54.7. The summed E-state index contributed by atoms with van der Waals surface area (Å²) in [6.07, 6.45) is 17.8. The van der Waals surface area contributed by atoms with Crippen molar-refractivity contribution in [3.63, 3.8) is 0 Å². The van der Waals surface area contributed by atoms with E-state index in [1.54, 1.807) is 0 Å². The maximum atomic E-state index is 4.72. The van der Waals surface area contributed by atoms with Crippen molar-refractivity contribution in [1.82, 2.24) is 0 Å². The molecule has 0 bridgehead atoms. The molecule has 0 nitrogen and oxygen atoms in total. The zero-order chi connectivity index (χ0) is 50.1. The van der Waals surface area contributed by atoms with E-state index in [4.69, 9.17) is 13.2 Å². The van der Waals surface area contributed by atoms with Gasteiger partial charge in [0.2, 0.25) is 0 Å². The summed E-state index contributed by atoms with van der Waals surface area (Å²) >= 11 is 0. The summed E-state index contributed by atoms with van der Waals surface area (Å²) in [6.45, 7) is 47.0. The second-order valence-corrected chi connectivity index (χ2v) is 22.9. The zero-order valence-corrected chi connectivity index (χ0v) is 46.4. The van der Waals surface area contributed by atoms with Crippen LogP contribution in [-0.2, 0) is 0 Å². The summed E-state index contributed by atoms with van der Waals surface area (Å²) in [5.41, 5.74) is 9.49. The molecule has 0 saturated carbocycles. The molecule has 68 heavy (non-hydrogen) atoms. The van der Waals surface area contributed by atoms with Crippen LogP contribution in [0.5, 0.6) is 0 Å². The van der Waals surface area contributed by atoms with Gasteiger partial charge in [-0.2, -0.15) is 0 Å². The summed E-state index contributed by atoms with van der Waals surface area (Å²) < 4.78 is 0. The van der Waals surface area contributed by atoms with Crippen molar-refractivity contribution < 1.29 is 0 Å². The van der Waals surface area contributed by atoms with Crippen molar-refractivity contribution in [2.24, 2.45) is 46.3 Å². The Morgan fingerprint density at radius 2 is 0.662 bits per heavy atom. The van der Waals surface area contributed by atoms with E-state index in [0.29, 0.717) is 35.5 Å². The van der Waals surface area contributed by atoms with Crippen molar-refractivity contribution >= 4 is 43.1 Å². The number of allylic oxidation sites excluding steroid dienone is 2. The van der Waals surface area contributed by atoms with Crippen LogP contribution in [0.4, 0.5) is 0 Å². The summed E-state index contributed by atoms with van der Waals surface area (Å²) in [7, 11) is 0. The quantitative estimate of drug-likeness (QED) is 0.0281. The molecule has 366 valence electrons. The fourth-order valence-electron chi connectivity index (χ4n) is 12.8. The first-order chi connectivity index (χ1) is 32.3. The van der Waals surface area contributed by atoms with E-state index in [1.807, 2.05) is 0 Å². The highest BCUT2D eigenvalue weighted by Crippen LogP contribution is 2.50. The zero-order valence-electron chi connectivity index (χ0n) is 46.4. The lowest BCUT2D eigenvalue weighted by Crippen LogP contribution is -2.40. The first-order valence-electron chi connectivity index (χ1n) is 27.5. The molecule has 0 fully saturated rings. The molecule has 0 heterocycles. The van der Waals surface area contributed by atoms with Crippen molar-refractivity contribution in [1.29, 1.82) is 0 Å². The van der Waals surface area contributed by atoms with Crippen LogP contribution >= 0.6 is 0 Å². The Kier molecular flexibility index (Phi) is 19.3. The molecule has 0 N–H and O–H groups in total. The standard InChI is InChI=1S/C68H94/c1-19-21-23-25-27-29-31-65(45(3)4)67(47(7)8,48(9)10)39-37-55-61-41-57-51(15)33-35-53(17)59(57)43-63(61)56(64-44-60-54(18)36-34-52(16)58(60)42-62(55)64)38-40-68(49(11)12,50(13)14)66(46(5)6)32-30-28-26-24-22-20-2/h33-36,41-44,47-50,65-66H,3,5,19-32H2,1-2,4,6-18H3. The average molecular weight is 911 g/mol. The Morgan fingerprint density at radius 1 is 0.412 bits per heavy atom. The third-order valence-corrected chi connectivity index (χ3v) is 16.9. The number of unbranched alkanes of at least 4 members (excludes halogenated alkanes) is 10. The lowest BCUT2D eigenvalue weighted by Gasteiger charge is -2.44. The van der Waals surface area contributed by atoms with Crippen LogP contribution in [0.1, 0.15) is 206 Å². The SMILES string of the molecule is C=C(C)C(CCCCCCCC)C(C#Cc1c2cc3c(C)ccc(C)c3cc2c(C#CC(C(C)C)(C(C)C)C(CCCCCCCC)C(=C)C)c2cc3c(C)ccc(C)c3cc12)(C(C)C)C(C)C. The molecular weight excluding hydrogens is 817 g/mol. The third-order valence-electron chi connectivity index (χ3n) is 16.9. The normalized spacial score (nSPS) is 13.2. The minimum atomic E-state index is -0.249. The molecule has 5 aromatic rings. The Balaban J connectivity index is 1.95. The number of benzene rings is 5. The lowest BCUT2D eigenvalue weighted by atomic mass is 9.58. The molecule has 5 aromatic carbocycles. The maximum absolute atomic E-state index is 4.72. The second kappa shape index (κ2) is 24.0. The van der Waals surface area contributed by atoms with Crippen molar-refractivity contribution in [3.05, 3.63) is 106 Å².